The smallest absolute Gasteiger partial charge is 0.175 e. The van der Waals surface area contributed by atoms with Gasteiger partial charge in [-0.3, -0.25) is 0 Å². The van der Waals surface area contributed by atoms with Gasteiger partial charge in [0.25, 0.3) is 0 Å². The molecule has 0 atom stereocenters. The Morgan fingerprint density at radius 3 is 2.20 bits per heavy atom. The molecule has 0 saturated carbocycles. The van der Waals surface area contributed by atoms with Gasteiger partial charge in [-0.2, -0.15) is 0 Å². The molecular weight excluding hydrogens is 390 g/mol. The molecule has 0 aliphatic carbocycles. The van der Waals surface area contributed by atoms with Crippen LogP contribution in [0.15, 0.2) is 53.9 Å². The number of rotatable bonds is 4. The second-order valence-electron chi connectivity index (χ2n) is 4.29. The van der Waals surface area contributed by atoms with Gasteiger partial charge >= 0.3 is 0 Å². The topological polar surface area (TPSA) is 34.1 Å². The standard InChI is InChI=1S/C15H12FIO2S/c16-14-5-1-12(2-6-14)9-10-20(18,19)11-13-3-7-15(17)8-4-13/h1-10H,11H2/b10-9+. The summed E-state index contributed by atoms with van der Waals surface area (Å²) in [6.45, 7) is 0. The molecule has 0 amide bonds. The second-order valence-corrected chi connectivity index (χ2v) is 7.42. The highest BCUT2D eigenvalue weighted by Gasteiger charge is 2.07. The molecule has 0 bridgehead atoms. The van der Waals surface area contributed by atoms with Gasteiger partial charge < -0.3 is 0 Å². The van der Waals surface area contributed by atoms with Gasteiger partial charge in [-0.15, -0.1) is 0 Å². The van der Waals surface area contributed by atoms with Crippen LogP contribution in [0.25, 0.3) is 6.08 Å². The van der Waals surface area contributed by atoms with Crippen molar-refractivity contribution in [2.45, 2.75) is 5.75 Å². The van der Waals surface area contributed by atoms with Crippen LogP contribution in [0, 0.1) is 9.39 Å². The lowest BCUT2D eigenvalue weighted by Gasteiger charge is -2.00. The maximum Gasteiger partial charge on any atom is 0.175 e. The Morgan fingerprint density at radius 1 is 1.00 bits per heavy atom. The van der Waals surface area contributed by atoms with Gasteiger partial charge in [0.2, 0.25) is 0 Å². The van der Waals surface area contributed by atoms with E-state index in [-0.39, 0.29) is 11.6 Å². The lowest BCUT2D eigenvalue weighted by molar-refractivity contribution is 0.604. The first-order valence-electron chi connectivity index (χ1n) is 5.85. The predicted molar refractivity (Wildman–Crippen MR) is 87.2 cm³/mol. The molecule has 0 radical (unpaired) electrons. The Labute approximate surface area is 131 Å². The molecule has 2 nitrogen and oxygen atoms in total. The summed E-state index contributed by atoms with van der Waals surface area (Å²) in [7, 11) is -3.33. The molecule has 2 aromatic carbocycles. The summed E-state index contributed by atoms with van der Waals surface area (Å²) in [5, 5.41) is 1.16. The lowest BCUT2D eigenvalue weighted by Crippen LogP contribution is -1.99. The first-order valence-corrected chi connectivity index (χ1v) is 8.65. The van der Waals surface area contributed by atoms with Crippen molar-refractivity contribution in [3.63, 3.8) is 0 Å². The Kier molecular flexibility index (Phi) is 4.93. The summed E-state index contributed by atoms with van der Waals surface area (Å²) in [6.07, 6.45) is 1.47. The average Bonchev–Trinajstić information content (AvgIpc) is 2.41. The van der Waals surface area contributed by atoms with E-state index in [1.54, 1.807) is 12.1 Å². The molecule has 2 rings (SSSR count). The number of benzene rings is 2. The normalized spacial score (nSPS) is 11.9. The number of halogens is 2. The molecule has 20 heavy (non-hydrogen) atoms. The summed E-state index contributed by atoms with van der Waals surface area (Å²) in [6, 6.07) is 13.0. The fourth-order valence-electron chi connectivity index (χ4n) is 1.62. The second kappa shape index (κ2) is 6.49. The number of sulfone groups is 1. The van der Waals surface area contributed by atoms with Crippen molar-refractivity contribution in [3.05, 3.63) is 74.5 Å². The molecule has 104 valence electrons. The highest BCUT2D eigenvalue weighted by molar-refractivity contribution is 14.1. The van der Waals surface area contributed by atoms with Crippen LogP contribution in [0.2, 0.25) is 0 Å². The van der Waals surface area contributed by atoms with E-state index in [4.69, 9.17) is 0 Å². The van der Waals surface area contributed by atoms with E-state index in [2.05, 4.69) is 22.6 Å². The molecular formula is C15H12FIO2S. The largest absolute Gasteiger partial charge is 0.224 e. The monoisotopic (exact) mass is 402 g/mol. The molecule has 0 N–H and O–H groups in total. The Bertz CT molecular complexity index is 705. The van der Waals surface area contributed by atoms with Gasteiger partial charge in [-0.05, 0) is 64.1 Å². The Balaban J connectivity index is 2.11. The first-order chi connectivity index (χ1) is 9.44. The summed E-state index contributed by atoms with van der Waals surface area (Å²) in [5.41, 5.74) is 1.40. The SMILES string of the molecule is O=S(=O)(/C=C/c1ccc(F)cc1)Cc1ccc(I)cc1. The van der Waals surface area contributed by atoms with Gasteiger partial charge in [0.05, 0.1) is 5.75 Å². The van der Waals surface area contributed by atoms with Crippen LogP contribution >= 0.6 is 22.6 Å². The number of hydrogen-bond donors (Lipinski definition) is 0. The van der Waals surface area contributed by atoms with Crippen LogP contribution in [-0.4, -0.2) is 8.42 Å². The van der Waals surface area contributed by atoms with E-state index in [0.29, 0.717) is 5.56 Å². The van der Waals surface area contributed by atoms with Gasteiger partial charge in [0, 0.05) is 8.98 Å². The third-order valence-electron chi connectivity index (χ3n) is 2.62. The zero-order valence-corrected chi connectivity index (χ0v) is 13.4. The fraction of sp³-hybridized carbons (Fsp3) is 0.0667. The van der Waals surface area contributed by atoms with E-state index < -0.39 is 9.84 Å². The molecule has 0 spiro atoms. The maximum absolute atomic E-state index is 12.7. The van der Waals surface area contributed by atoms with E-state index in [9.17, 15) is 12.8 Å². The van der Waals surface area contributed by atoms with Crippen LogP contribution in [0.1, 0.15) is 11.1 Å². The van der Waals surface area contributed by atoms with Crippen molar-refractivity contribution in [3.8, 4) is 0 Å². The van der Waals surface area contributed by atoms with Crippen LogP contribution in [0.5, 0.6) is 0 Å². The van der Waals surface area contributed by atoms with Crippen LogP contribution in [-0.2, 0) is 15.6 Å². The molecule has 0 fully saturated rings. The minimum absolute atomic E-state index is 0.0401. The fourth-order valence-corrected chi connectivity index (χ4v) is 3.09. The number of hydrogen-bond acceptors (Lipinski definition) is 2. The van der Waals surface area contributed by atoms with Gasteiger partial charge in [-0.1, -0.05) is 24.3 Å². The van der Waals surface area contributed by atoms with Crippen molar-refractivity contribution in [2.75, 3.05) is 0 Å². The van der Waals surface area contributed by atoms with Gasteiger partial charge in [0.1, 0.15) is 5.82 Å². The highest BCUT2D eigenvalue weighted by Crippen LogP contribution is 2.12. The van der Waals surface area contributed by atoms with Crippen LogP contribution in [0.4, 0.5) is 4.39 Å². The molecule has 2 aromatic rings. The predicted octanol–water partition coefficient (Wildman–Crippen LogP) is 4.02. The molecule has 0 saturated heterocycles. The molecule has 0 aliphatic heterocycles. The van der Waals surface area contributed by atoms with Crippen LogP contribution in [0.3, 0.4) is 0 Å². The minimum atomic E-state index is -3.33. The summed E-state index contributed by atoms with van der Waals surface area (Å²) >= 11 is 2.17. The van der Waals surface area contributed by atoms with E-state index in [1.165, 1.54) is 30.3 Å². The van der Waals surface area contributed by atoms with Gasteiger partial charge in [0.15, 0.2) is 9.84 Å². The summed E-state index contributed by atoms with van der Waals surface area (Å²) < 4.78 is 37.7. The van der Waals surface area contributed by atoms with Gasteiger partial charge in [-0.25, -0.2) is 12.8 Å². The summed E-state index contributed by atoms with van der Waals surface area (Å²) in [5.74, 6) is -0.384. The lowest BCUT2D eigenvalue weighted by atomic mass is 10.2. The summed E-state index contributed by atoms with van der Waals surface area (Å²) in [4.78, 5) is 0. The van der Waals surface area contributed by atoms with E-state index in [0.717, 1.165) is 14.5 Å². The highest BCUT2D eigenvalue weighted by atomic mass is 127. The minimum Gasteiger partial charge on any atom is -0.224 e. The molecule has 0 unspecified atom stereocenters. The molecule has 0 aromatic heterocycles. The third kappa shape index (κ3) is 4.72. The Morgan fingerprint density at radius 2 is 1.60 bits per heavy atom. The van der Waals surface area contributed by atoms with Crippen molar-refractivity contribution < 1.29 is 12.8 Å². The van der Waals surface area contributed by atoms with E-state index >= 15 is 0 Å². The molecule has 0 heterocycles. The van der Waals surface area contributed by atoms with Crippen LogP contribution < -0.4 is 0 Å². The third-order valence-corrected chi connectivity index (χ3v) is 4.62. The first kappa shape index (κ1) is 15.2. The average molecular weight is 402 g/mol. The van der Waals surface area contributed by atoms with Crippen molar-refractivity contribution >= 4 is 38.5 Å². The quantitative estimate of drug-likeness (QED) is 0.725. The van der Waals surface area contributed by atoms with Crippen molar-refractivity contribution in [1.29, 1.82) is 0 Å². The van der Waals surface area contributed by atoms with Crippen molar-refractivity contribution in [2.24, 2.45) is 0 Å². The molecule has 5 heteroatoms. The van der Waals surface area contributed by atoms with E-state index in [1.807, 2.05) is 12.1 Å². The zero-order valence-electron chi connectivity index (χ0n) is 10.5. The molecule has 0 aliphatic rings. The maximum atomic E-state index is 12.7. The van der Waals surface area contributed by atoms with Crippen molar-refractivity contribution in [1.82, 2.24) is 0 Å². The Hall–Kier alpha value is -1.21. The zero-order chi connectivity index (χ0) is 14.6.